The molecule has 2 aromatic heterocycles. The second-order valence-corrected chi connectivity index (χ2v) is 6.91. The van der Waals surface area contributed by atoms with Crippen LogP contribution in [0.3, 0.4) is 0 Å². The van der Waals surface area contributed by atoms with Gasteiger partial charge < -0.3 is 5.32 Å². The lowest BCUT2D eigenvalue weighted by Gasteiger charge is -2.06. The van der Waals surface area contributed by atoms with E-state index >= 15 is 0 Å². The highest BCUT2D eigenvalue weighted by Crippen LogP contribution is 2.29. The van der Waals surface area contributed by atoms with Gasteiger partial charge in [-0.2, -0.15) is 5.10 Å². The topological polar surface area (TPSA) is 76.9 Å². The second-order valence-electron chi connectivity index (χ2n) is 5.82. The third-order valence-electron chi connectivity index (χ3n) is 4.07. The maximum Gasteiger partial charge on any atom is 0.251 e. The van der Waals surface area contributed by atoms with Crippen LogP contribution in [-0.2, 0) is 13.5 Å². The molecule has 26 heavy (non-hydrogen) atoms. The number of Topliss-reactive ketones (excluding diaryl/α,β-unsaturated/α-hetero) is 1. The number of ketones is 1. The monoisotopic (exact) mass is 368 g/mol. The number of hydrogen-bond donors (Lipinski definition) is 1. The minimum absolute atomic E-state index is 0.119. The van der Waals surface area contributed by atoms with Gasteiger partial charge in [-0.1, -0.05) is 19.1 Å². The van der Waals surface area contributed by atoms with Crippen molar-refractivity contribution < 1.29 is 9.59 Å². The number of aromatic nitrogens is 3. The highest BCUT2D eigenvalue weighted by molar-refractivity contribution is 7.17. The third kappa shape index (κ3) is 4.05. The molecule has 0 saturated carbocycles. The van der Waals surface area contributed by atoms with Crippen LogP contribution in [0.2, 0.25) is 0 Å². The summed E-state index contributed by atoms with van der Waals surface area (Å²) in [5.41, 5.74) is 1.61. The van der Waals surface area contributed by atoms with Crippen LogP contribution in [0.5, 0.6) is 0 Å². The highest BCUT2D eigenvalue weighted by atomic mass is 32.1. The largest absolute Gasteiger partial charge is 0.352 e. The van der Waals surface area contributed by atoms with Gasteiger partial charge in [-0.15, -0.1) is 11.3 Å². The Morgan fingerprint density at radius 1 is 1.15 bits per heavy atom. The minimum Gasteiger partial charge on any atom is -0.352 e. The van der Waals surface area contributed by atoms with Crippen LogP contribution in [0.1, 0.15) is 39.2 Å². The lowest BCUT2D eigenvalue weighted by Crippen LogP contribution is -2.26. The zero-order valence-corrected chi connectivity index (χ0v) is 15.5. The lowest BCUT2D eigenvalue weighted by atomic mass is 10.1. The number of carbonyl (C=O) groups is 2. The summed E-state index contributed by atoms with van der Waals surface area (Å²) in [7, 11) is 1.83. The molecule has 0 saturated heterocycles. The fourth-order valence-electron chi connectivity index (χ4n) is 2.54. The van der Waals surface area contributed by atoms with Crippen molar-refractivity contribution in [3.05, 3.63) is 59.0 Å². The Morgan fingerprint density at radius 2 is 1.92 bits per heavy atom. The van der Waals surface area contributed by atoms with Crippen LogP contribution in [0.25, 0.3) is 10.4 Å². The van der Waals surface area contributed by atoms with Crippen molar-refractivity contribution in [1.82, 2.24) is 20.1 Å². The first kappa shape index (κ1) is 18.0. The van der Waals surface area contributed by atoms with Crippen molar-refractivity contribution in [2.45, 2.75) is 19.8 Å². The fraction of sp³-hybridized carbons (Fsp3) is 0.263. The number of thiophene rings is 1. The van der Waals surface area contributed by atoms with Gasteiger partial charge in [-0.05, 0) is 29.8 Å². The highest BCUT2D eigenvalue weighted by Gasteiger charge is 2.10. The Bertz CT molecular complexity index is 912. The van der Waals surface area contributed by atoms with E-state index in [1.165, 1.54) is 17.7 Å². The molecule has 0 aliphatic rings. The summed E-state index contributed by atoms with van der Waals surface area (Å²) in [6.45, 7) is 2.36. The van der Waals surface area contributed by atoms with E-state index in [0.29, 0.717) is 24.9 Å². The quantitative estimate of drug-likeness (QED) is 0.650. The summed E-state index contributed by atoms with van der Waals surface area (Å²) in [5, 5.41) is 6.89. The number of nitrogens with one attached hydrogen (secondary N) is 1. The van der Waals surface area contributed by atoms with Crippen LogP contribution >= 0.6 is 11.3 Å². The van der Waals surface area contributed by atoms with Gasteiger partial charge in [0.05, 0.1) is 4.88 Å². The van der Waals surface area contributed by atoms with E-state index in [9.17, 15) is 9.59 Å². The maximum absolute atomic E-state index is 12.2. The van der Waals surface area contributed by atoms with Crippen LogP contribution in [0, 0.1) is 0 Å². The SMILES string of the molecule is CCC(=O)c1ccc(-c2ccc(C(=O)NCCc3ncnn3C)cc2)s1. The Hall–Kier alpha value is -2.80. The van der Waals surface area contributed by atoms with Crippen molar-refractivity contribution >= 4 is 23.0 Å². The van der Waals surface area contributed by atoms with Crippen molar-refractivity contribution in [3.8, 4) is 10.4 Å². The zero-order valence-electron chi connectivity index (χ0n) is 14.7. The molecule has 1 N–H and O–H groups in total. The Kier molecular flexibility index (Phi) is 5.58. The number of aryl methyl sites for hydroxylation is 1. The van der Waals surface area contributed by atoms with Crippen molar-refractivity contribution in [2.75, 3.05) is 6.54 Å². The predicted octanol–water partition coefficient (Wildman–Crippen LogP) is 3.11. The number of amides is 1. The van der Waals surface area contributed by atoms with Crippen LogP contribution in [0.15, 0.2) is 42.7 Å². The van der Waals surface area contributed by atoms with Gasteiger partial charge >= 0.3 is 0 Å². The molecule has 3 aromatic rings. The molecule has 0 unspecified atom stereocenters. The molecule has 0 fully saturated rings. The molecule has 1 aromatic carbocycles. The van der Waals surface area contributed by atoms with E-state index in [1.54, 1.807) is 16.8 Å². The minimum atomic E-state index is -0.119. The Morgan fingerprint density at radius 3 is 2.58 bits per heavy atom. The lowest BCUT2D eigenvalue weighted by molar-refractivity contribution is 0.0952. The first-order valence-electron chi connectivity index (χ1n) is 8.43. The standard InChI is InChI=1S/C19H20N4O2S/c1-3-15(24)17-9-8-16(26-17)13-4-6-14(7-5-13)19(25)20-11-10-18-21-12-22-23(18)2/h4-9,12H,3,10-11H2,1-2H3,(H,20,25). The summed E-state index contributed by atoms with van der Waals surface area (Å²) in [6.07, 6.45) is 2.64. The first-order chi connectivity index (χ1) is 12.6. The summed E-state index contributed by atoms with van der Waals surface area (Å²) in [5.74, 6) is 0.864. The average molecular weight is 368 g/mol. The molecule has 0 radical (unpaired) electrons. The molecule has 0 atom stereocenters. The van der Waals surface area contributed by atoms with Gasteiger partial charge in [-0.3, -0.25) is 14.3 Å². The summed E-state index contributed by atoms with van der Waals surface area (Å²) in [6, 6.07) is 11.2. The van der Waals surface area contributed by atoms with Crippen molar-refractivity contribution in [3.63, 3.8) is 0 Å². The fourth-order valence-corrected chi connectivity index (χ4v) is 3.56. The van der Waals surface area contributed by atoms with Crippen LogP contribution < -0.4 is 5.32 Å². The summed E-state index contributed by atoms with van der Waals surface area (Å²) >= 11 is 1.48. The van der Waals surface area contributed by atoms with E-state index in [1.807, 2.05) is 38.2 Å². The zero-order chi connectivity index (χ0) is 18.5. The van der Waals surface area contributed by atoms with Gasteiger partial charge in [0.2, 0.25) is 0 Å². The molecule has 3 rings (SSSR count). The number of carbonyl (C=O) groups excluding carboxylic acids is 2. The number of benzene rings is 1. The first-order valence-corrected chi connectivity index (χ1v) is 9.24. The number of rotatable bonds is 7. The molecular formula is C19H20N4O2S. The van der Waals surface area contributed by atoms with Crippen molar-refractivity contribution in [2.24, 2.45) is 7.05 Å². The smallest absolute Gasteiger partial charge is 0.251 e. The van der Waals surface area contributed by atoms with Gasteiger partial charge in [0.25, 0.3) is 5.91 Å². The number of nitrogens with zero attached hydrogens (tertiary/aromatic N) is 3. The molecule has 0 aliphatic carbocycles. The van der Waals surface area contributed by atoms with Crippen molar-refractivity contribution in [1.29, 1.82) is 0 Å². The molecule has 6 nitrogen and oxygen atoms in total. The van der Waals surface area contributed by atoms with Crippen LogP contribution in [0.4, 0.5) is 0 Å². The summed E-state index contributed by atoms with van der Waals surface area (Å²) < 4.78 is 1.69. The molecule has 0 spiro atoms. The molecule has 0 aliphatic heterocycles. The molecule has 0 bridgehead atoms. The van der Waals surface area contributed by atoms with Gasteiger partial charge in [0, 0.05) is 36.9 Å². The molecule has 7 heteroatoms. The van der Waals surface area contributed by atoms with Gasteiger partial charge in [0.15, 0.2) is 5.78 Å². The third-order valence-corrected chi connectivity index (χ3v) is 5.25. The predicted molar refractivity (Wildman–Crippen MR) is 101 cm³/mol. The van der Waals surface area contributed by atoms with E-state index in [2.05, 4.69) is 15.4 Å². The van der Waals surface area contributed by atoms with E-state index < -0.39 is 0 Å². The molecule has 2 heterocycles. The summed E-state index contributed by atoms with van der Waals surface area (Å²) in [4.78, 5) is 29.9. The molecule has 134 valence electrons. The van der Waals surface area contributed by atoms with Gasteiger partial charge in [0.1, 0.15) is 12.2 Å². The molecule has 1 amide bonds. The van der Waals surface area contributed by atoms with E-state index in [-0.39, 0.29) is 11.7 Å². The van der Waals surface area contributed by atoms with Crippen LogP contribution in [-0.4, -0.2) is 33.0 Å². The number of hydrogen-bond acceptors (Lipinski definition) is 5. The Balaban J connectivity index is 1.60. The maximum atomic E-state index is 12.2. The van der Waals surface area contributed by atoms with E-state index in [0.717, 1.165) is 21.1 Å². The Labute approximate surface area is 155 Å². The average Bonchev–Trinajstić information content (AvgIpc) is 3.31. The van der Waals surface area contributed by atoms with E-state index in [4.69, 9.17) is 0 Å². The van der Waals surface area contributed by atoms with Gasteiger partial charge in [-0.25, -0.2) is 4.98 Å². The molecular weight excluding hydrogens is 348 g/mol. The second kappa shape index (κ2) is 8.05. The normalized spacial score (nSPS) is 10.7.